The number of amides is 1. The fourth-order valence-corrected chi connectivity index (χ4v) is 5.81. The number of hydrogen-bond acceptors (Lipinski definition) is 6. The van der Waals surface area contributed by atoms with Crippen LogP contribution in [-0.4, -0.2) is 63.0 Å². The first-order valence-corrected chi connectivity index (χ1v) is 14.2. The Balaban J connectivity index is 1.28. The lowest BCUT2D eigenvalue weighted by Crippen LogP contribution is -2.28. The molecule has 1 atom stereocenters. The highest BCUT2D eigenvalue weighted by atomic mass is 16.5. The second kappa shape index (κ2) is 11.1. The van der Waals surface area contributed by atoms with E-state index in [9.17, 15) is 4.79 Å². The third-order valence-corrected chi connectivity index (χ3v) is 8.04. The van der Waals surface area contributed by atoms with Crippen molar-refractivity contribution in [2.24, 2.45) is 0 Å². The Bertz CT molecular complexity index is 1520. The Morgan fingerprint density at radius 3 is 2.55 bits per heavy atom. The van der Waals surface area contributed by atoms with E-state index in [1.807, 2.05) is 53.4 Å². The Labute approximate surface area is 235 Å². The number of nitrogen functional groups attached to an aromatic ring is 1. The van der Waals surface area contributed by atoms with Gasteiger partial charge in [0.2, 0.25) is 5.91 Å². The topological polar surface area (TPSA) is 89.5 Å². The molecule has 3 heterocycles. The van der Waals surface area contributed by atoms with Gasteiger partial charge in [-0.3, -0.25) is 9.69 Å². The number of carbonyl (C=O) groups is 1. The first kappa shape index (κ1) is 26.1. The van der Waals surface area contributed by atoms with Gasteiger partial charge in [-0.15, -0.1) is 0 Å². The van der Waals surface area contributed by atoms with Crippen molar-refractivity contribution in [3.05, 3.63) is 78.8 Å². The molecule has 1 amide bonds. The molecule has 2 aromatic heterocycles. The third-order valence-electron chi connectivity index (χ3n) is 8.04. The molecule has 0 unspecified atom stereocenters. The normalized spacial score (nSPS) is 17.4. The number of para-hydroxylation sites is 1. The van der Waals surface area contributed by atoms with Crippen molar-refractivity contribution in [1.82, 2.24) is 24.3 Å². The summed E-state index contributed by atoms with van der Waals surface area (Å²) in [5.41, 5.74) is 10.5. The van der Waals surface area contributed by atoms with Gasteiger partial charge in [-0.1, -0.05) is 43.3 Å². The van der Waals surface area contributed by atoms with Gasteiger partial charge in [-0.25, -0.2) is 9.97 Å². The van der Waals surface area contributed by atoms with Gasteiger partial charge in [0.05, 0.1) is 11.4 Å². The molecule has 40 heavy (non-hydrogen) atoms. The second-order valence-electron chi connectivity index (χ2n) is 10.7. The third kappa shape index (κ3) is 5.19. The number of carbonyl (C=O) groups excluding carboxylic acids is 1. The molecule has 1 saturated heterocycles. The van der Waals surface area contributed by atoms with Crippen LogP contribution in [0.15, 0.2) is 73.1 Å². The number of aromatic nitrogens is 3. The maximum Gasteiger partial charge on any atom is 0.246 e. The fourth-order valence-electron chi connectivity index (χ4n) is 5.81. The van der Waals surface area contributed by atoms with Crippen molar-refractivity contribution in [2.75, 3.05) is 32.4 Å². The lowest BCUT2D eigenvalue weighted by Gasteiger charge is -2.19. The Hall–Kier alpha value is -4.17. The Morgan fingerprint density at radius 1 is 1.07 bits per heavy atom. The van der Waals surface area contributed by atoms with Crippen molar-refractivity contribution < 1.29 is 9.53 Å². The summed E-state index contributed by atoms with van der Waals surface area (Å²) in [5.74, 6) is 2.10. The molecule has 0 spiro atoms. The Kier molecular flexibility index (Phi) is 7.26. The van der Waals surface area contributed by atoms with E-state index in [1.165, 1.54) is 19.2 Å². The molecule has 2 fully saturated rings. The summed E-state index contributed by atoms with van der Waals surface area (Å²) in [6.45, 7) is 4.33. The van der Waals surface area contributed by atoms with E-state index < -0.39 is 0 Å². The maximum absolute atomic E-state index is 13.0. The molecule has 8 heteroatoms. The van der Waals surface area contributed by atoms with E-state index >= 15 is 0 Å². The molecule has 8 nitrogen and oxygen atoms in total. The first-order valence-electron chi connectivity index (χ1n) is 14.2. The predicted molar refractivity (Wildman–Crippen MR) is 158 cm³/mol. The van der Waals surface area contributed by atoms with Crippen LogP contribution < -0.4 is 10.5 Å². The predicted octanol–water partition coefficient (Wildman–Crippen LogP) is 5.46. The van der Waals surface area contributed by atoms with Crippen LogP contribution in [0, 0.1) is 0 Å². The zero-order valence-corrected chi connectivity index (χ0v) is 23.2. The summed E-state index contributed by atoms with van der Waals surface area (Å²) < 4.78 is 8.31. The van der Waals surface area contributed by atoms with Gasteiger partial charge in [-0.05, 0) is 62.6 Å². The number of nitrogens with two attached hydrogens (primary N) is 1. The molecule has 0 radical (unpaired) electrons. The number of rotatable bonds is 9. The Morgan fingerprint density at radius 2 is 1.82 bits per heavy atom. The van der Waals surface area contributed by atoms with Crippen molar-refractivity contribution in [1.29, 1.82) is 0 Å². The molecule has 206 valence electrons. The molecule has 0 bridgehead atoms. The van der Waals surface area contributed by atoms with Crippen molar-refractivity contribution in [2.45, 2.75) is 44.7 Å². The number of anilines is 1. The molecule has 1 aliphatic heterocycles. The van der Waals surface area contributed by atoms with E-state index in [0.29, 0.717) is 18.4 Å². The van der Waals surface area contributed by atoms with Crippen LogP contribution in [0.25, 0.3) is 22.2 Å². The van der Waals surface area contributed by atoms with Crippen molar-refractivity contribution in [3.8, 4) is 22.6 Å². The molecule has 2 aliphatic rings. The van der Waals surface area contributed by atoms with Crippen LogP contribution in [0.4, 0.5) is 5.82 Å². The fraction of sp³-hybridized carbons (Fsp3) is 0.344. The van der Waals surface area contributed by atoms with Crippen molar-refractivity contribution >= 4 is 22.8 Å². The first-order chi connectivity index (χ1) is 19.5. The lowest BCUT2D eigenvalue weighted by molar-refractivity contribution is -0.125. The summed E-state index contributed by atoms with van der Waals surface area (Å²) in [6.07, 6.45) is 9.45. The quantitative estimate of drug-likeness (QED) is 0.286. The van der Waals surface area contributed by atoms with Gasteiger partial charge >= 0.3 is 0 Å². The molecular formula is C32H36N6O2. The molecule has 1 saturated carbocycles. The number of hydrogen-bond donors (Lipinski definition) is 1. The average molecular weight is 537 g/mol. The highest BCUT2D eigenvalue weighted by Crippen LogP contribution is 2.41. The second-order valence-corrected chi connectivity index (χ2v) is 10.7. The highest BCUT2D eigenvalue weighted by Gasteiger charge is 2.32. The van der Waals surface area contributed by atoms with Crippen molar-refractivity contribution in [3.63, 3.8) is 0 Å². The van der Waals surface area contributed by atoms with Gasteiger partial charge in [0.25, 0.3) is 0 Å². The van der Waals surface area contributed by atoms with Gasteiger partial charge in [0, 0.05) is 43.0 Å². The van der Waals surface area contributed by atoms with Gasteiger partial charge in [-0.2, -0.15) is 0 Å². The van der Waals surface area contributed by atoms with E-state index in [4.69, 9.17) is 15.5 Å². The number of likely N-dealkylation sites (N-methyl/N-ethyl adjacent to an activating group) is 1. The standard InChI is InChI=1S/C32H36N6O2/c1-3-27-29(22-11-15-26(16-12-22)40-25-8-5-4-6-9-25)30-31(33)34-21-35-32(30)38(27)24-17-19-37(20-24)28(39)10-7-18-36(2)23-13-14-23/h4-12,15-16,21,23-24H,3,13-14,17-20H2,1-2H3,(H2,33,34,35)/b10-7+/t24-/m1/s1. The summed E-state index contributed by atoms with van der Waals surface area (Å²) in [6, 6.07) is 18.6. The largest absolute Gasteiger partial charge is 0.457 e. The number of nitrogens with zero attached hydrogens (tertiary/aromatic N) is 5. The molecule has 1 aliphatic carbocycles. The van der Waals surface area contributed by atoms with Gasteiger partial charge in [0.1, 0.15) is 29.3 Å². The van der Waals surface area contributed by atoms with E-state index in [0.717, 1.165) is 65.3 Å². The molecule has 6 rings (SSSR count). The monoisotopic (exact) mass is 536 g/mol. The summed E-state index contributed by atoms with van der Waals surface area (Å²) >= 11 is 0. The SMILES string of the molecule is CCc1c(-c2ccc(Oc3ccccc3)cc2)c2c(N)ncnc2n1[C@@H]1CCN(C(=O)/C=C/CN(C)C2CC2)C1. The minimum Gasteiger partial charge on any atom is -0.457 e. The summed E-state index contributed by atoms with van der Waals surface area (Å²) in [5, 5.41) is 0.865. The highest BCUT2D eigenvalue weighted by molar-refractivity contribution is 6.02. The van der Waals surface area contributed by atoms with Gasteiger partial charge in [0.15, 0.2) is 0 Å². The smallest absolute Gasteiger partial charge is 0.246 e. The van der Waals surface area contributed by atoms with Crippen LogP contribution in [-0.2, 0) is 11.2 Å². The molecular weight excluding hydrogens is 500 g/mol. The summed E-state index contributed by atoms with van der Waals surface area (Å²) in [4.78, 5) is 26.3. The van der Waals surface area contributed by atoms with E-state index in [-0.39, 0.29) is 11.9 Å². The molecule has 4 aromatic rings. The van der Waals surface area contributed by atoms with Crippen LogP contribution in [0.1, 0.15) is 37.9 Å². The molecule has 2 aromatic carbocycles. The maximum atomic E-state index is 13.0. The van der Waals surface area contributed by atoms with Crippen LogP contribution in [0.5, 0.6) is 11.5 Å². The zero-order valence-electron chi connectivity index (χ0n) is 23.2. The molecule has 2 N–H and O–H groups in total. The van der Waals surface area contributed by atoms with Crippen LogP contribution in [0.2, 0.25) is 0 Å². The number of benzene rings is 2. The minimum absolute atomic E-state index is 0.0737. The zero-order chi connectivity index (χ0) is 27.6. The number of ether oxygens (including phenoxy) is 1. The number of fused-ring (bicyclic) bond motifs is 1. The summed E-state index contributed by atoms with van der Waals surface area (Å²) in [7, 11) is 2.12. The van der Waals surface area contributed by atoms with Crippen LogP contribution >= 0.6 is 0 Å². The minimum atomic E-state index is 0.0737. The number of likely N-dealkylation sites (tertiary alicyclic amines) is 1. The van der Waals surface area contributed by atoms with Crippen LogP contribution in [0.3, 0.4) is 0 Å². The van der Waals surface area contributed by atoms with E-state index in [1.54, 1.807) is 6.08 Å². The van der Waals surface area contributed by atoms with Gasteiger partial charge < -0.3 is 19.9 Å². The average Bonchev–Trinajstić information content (AvgIpc) is 3.61. The lowest BCUT2D eigenvalue weighted by atomic mass is 10.0. The van der Waals surface area contributed by atoms with E-state index in [2.05, 4.69) is 40.6 Å².